The number of nitrogens with one attached hydrogen (secondary N) is 1. The first-order valence-corrected chi connectivity index (χ1v) is 10.4. The number of hydrogen-bond donors (Lipinski definition) is 1. The fourth-order valence-electron chi connectivity index (χ4n) is 3.27. The van der Waals surface area contributed by atoms with E-state index in [4.69, 9.17) is 37.2 Å². The average molecular weight is 476 g/mol. The van der Waals surface area contributed by atoms with E-state index in [1.165, 1.54) is 6.07 Å². The van der Waals surface area contributed by atoms with Crippen molar-refractivity contribution >= 4 is 46.4 Å². The second-order valence-corrected chi connectivity index (χ2v) is 8.01. The molecule has 0 atom stereocenters. The van der Waals surface area contributed by atoms with Crippen molar-refractivity contribution in [3.63, 3.8) is 0 Å². The molecule has 0 saturated carbocycles. The maximum atomic E-state index is 12.6. The van der Waals surface area contributed by atoms with Crippen LogP contribution in [0.5, 0.6) is 11.5 Å². The molecule has 1 aliphatic heterocycles. The van der Waals surface area contributed by atoms with Crippen molar-refractivity contribution in [2.45, 2.75) is 20.4 Å². The topological polar surface area (TPSA) is 93.9 Å². The molecule has 0 radical (unpaired) electrons. The van der Waals surface area contributed by atoms with Crippen LogP contribution in [-0.4, -0.2) is 30.2 Å². The molecule has 166 valence electrons. The molecule has 0 aliphatic carbocycles. The molecule has 2 aromatic carbocycles. The highest BCUT2D eigenvalue weighted by atomic mass is 35.5. The molecule has 1 N–H and O–H groups in total. The summed E-state index contributed by atoms with van der Waals surface area (Å²) in [4.78, 5) is 26.5. The van der Waals surface area contributed by atoms with Crippen molar-refractivity contribution in [1.82, 2.24) is 5.16 Å². The number of fused-ring (bicyclic) bond motifs is 1. The van der Waals surface area contributed by atoms with E-state index in [9.17, 15) is 9.59 Å². The molecule has 10 heteroatoms. The van der Waals surface area contributed by atoms with Gasteiger partial charge in [-0.2, -0.15) is 0 Å². The minimum absolute atomic E-state index is 0.0717. The maximum absolute atomic E-state index is 12.6. The summed E-state index contributed by atoms with van der Waals surface area (Å²) in [7, 11) is 0. The summed E-state index contributed by atoms with van der Waals surface area (Å²) in [6.07, 6.45) is 0. The van der Waals surface area contributed by atoms with Gasteiger partial charge in [0.25, 0.3) is 11.8 Å². The Bertz CT molecular complexity index is 1170. The monoisotopic (exact) mass is 475 g/mol. The van der Waals surface area contributed by atoms with Gasteiger partial charge in [0, 0.05) is 16.3 Å². The molecule has 0 fully saturated rings. The summed E-state index contributed by atoms with van der Waals surface area (Å²) in [5, 5.41) is 7.48. The molecule has 0 bridgehead atoms. The number of amides is 2. The van der Waals surface area contributed by atoms with E-state index in [0.717, 1.165) is 5.56 Å². The Hall–Kier alpha value is -3.23. The average Bonchev–Trinajstić information content (AvgIpc) is 3.07. The smallest absolute Gasteiger partial charge is 0.265 e. The fourth-order valence-corrected chi connectivity index (χ4v) is 3.73. The molecule has 8 nitrogen and oxygen atoms in total. The lowest BCUT2D eigenvalue weighted by molar-refractivity contribution is -0.121. The Morgan fingerprint density at radius 3 is 2.75 bits per heavy atom. The standard InChI is InChI=1S/C22H19Cl2N3O5/c1-12-16(13(2)32-26-12)9-27-18-8-15(4-6-20(18)31-11-22(27)29)25-21(28)10-30-19-5-3-14(23)7-17(19)24/h3-8H,9-11H2,1-2H3,(H,25,28). The van der Waals surface area contributed by atoms with E-state index in [0.29, 0.717) is 44.4 Å². The number of rotatable bonds is 6. The number of anilines is 2. The largest absolute Gasteiger partial charge is 0.482 e. The van der Waals surface area contributed by atoms with E-state index < -0.39 is 5.91 Å². The number of aromatic nitrogens is 1. The van der Waals surface area contributed by atoms with Gasteiger partial charge in [0.1, 0.15) is 17.3 Å². The molecule has 0 saturated heterocycles. The Kier molecular flexibility index (Phi) is 6.25. The Balaban J connectivity index is 1.49. The number of carbonyl (C=O) groups excluding carboxylic acids is 2. The van der Waals surface area contributed by atoms with Gasteiger partial charge in [0.15, 0.2) is 13.2 Å². The van der Waals surface area contributed by atoms with Crippen LogP contribution in [0.2, 0.25) is 10.0 Å². The highest BCUT2D eigenvalue weighted by Crippen LogP contribution is 2.36. The lowest BCUT2D eigenvalue weighted by atomic mass is 10.1. The van der Waals surface area contributed by atoms with Crippen LogP contribution in [0.15, 0.2) is 40.9 Å². The third-order valence-electron chi connectivity index (χ3n) is 4.94. The minimum Gasteiger partial charge on any atom is -0.482 e. The van der Waals surface area contributed by atoms with Crippen LogP contribution >= 0.6 is 23.2 Å². The van der Waals surface area contributed by atoms with Gasteiger partial charge in [-0.1, -0.05) is 28.4 Å². The van der Waals surface area contributed by atoms with Crippen LogP contribution in [-0.2, 0) is 16.1 Å². The first kappa shape index (κ1) is 22.0. The van der Waals surface area contributed by atoms with E-state index in [1.54, 1.807) is 42.2 Å². The van der Waals surface area contributed by atoms with E-state index >= 15 is 0 Å². The van der Waals surface area contributed by atoms with Crippen LogP contribution in [0.4, 0.5) is 11.4 Å². The summed E-state index contributed by atoms with van der Waals surface area (Å²) in [6, 6.07) is 9.81. The molecule has 2 heterocycles. The second kappa shape index (κ2) is 9.10. The van der Waals surface area contributed by atoms with Crippen LogP contribution < -0.4 is 19.7 Å². The normalized spacial score (nSPS) is 12.9. The van der Waals surface area contributed by atoms with Gasteiger partial charge in [-0.05, 0) is 50.2 Å². The number of hydrogen-bond acceptors (Lipinski definition) is 6. The van der Waals surface area contributed by atoms with Crippen molar-refractivity contribution in [2.24, 2.45) is 0 Å². The predicted molar refractivity (Wildman–Crippen MR) is 120 cm³/mol. The van der Waals surface area contributed by atoms with Gasteiger partial charge >= 0.3 is 0 Å². The molecule has 2 amide bonds. The van der Waals surface area contributed by atoms with Gasteiger partial charge in [0.05, 0.1) is 22.9 Å². The molecule has 1 aliphatic rings. The van der Waals surface area contributed by atoms with E-state index in [-0.39, 0.29) is 25.7 Å². The lowest BCUT2D eigenvalue weighted by Gasteiger charge is -2.29. The molecule has 4 rings (SSSR count). The van der Waals surface area contributed by atoms with Gasteiger partial charge in [0.2, 0.25) is 0 Å². The van der Waals surface area contributed by atoms with Crippen LogP contribution in [0.25, 0.3) is 0 Å². The van der Waals surface area contributed by atoms with Crippen molar-refractivity contribution in [3.8, 4) is 11.5 Å². The third kappa shape index (κ3) is 4.66. The molecule has 0 unspecified atom stereocenters. The van der Waals surface area contributed by atoms with E-state index in [2.05, 4.69) is 10.5 Å². The Morgan fingerprint density at radius 2 is 2.03 bits per heavy atom. The molecule has 0 spiro atoms. The summed E-state index contributed by atoms with van der Waals surface area (Å²) >= 11 is 11.9. The minimum atomic E-state index is -0.392. The molecular weight excluding hydrogens is 457 g/mol. The van der Waals surface area contributed by atoms with Crippen molar-refractivity contribution in [2.75, 3.05) is 23.4 Å². The SMILES string of the molecule is Cc1noc(C)c1CN1C(=O)COc2ccc(NC(=O)COc3ccc(Cl)cc3Cl)cc21. The predicted octanol–water partition coefficient (Wildman–Crippen LogP) is 4.54. The van der Waals surface area contributed by atoms with Crippen molar-refractivity contribution < 1.29 is 23.6 Å². The number of halogens is 2. The Morgan fingerprint density at radius 1 is 1.22 bits per heavy atom. The first-order chi connectivity index (χ1) is 15.3. The van der Waals surface area contributed by atoms with Gasteiger partial charge < -0.3 is 24.2 Å². The maximum Gasteiger partial charge on any atom is 0.265 e. The van der Waals surface area contributed by atoms with Crippen LogP contribution in [0.3, 0.4) is 0 Å². The zero-order valence-corrected chi connectivity index (χ0v) is 18.8. The van der Waals surface area contributed by atoms with Gasteiger partial charge in [-0.25, -0.2) is 0 Å². The molecule has 32 heavy (non-hydrogen) atoms. The van der Waals surface area contributed by atoms with Gasteiger partial charge in [-0.3, -0.25) is 9.59 Å². The first-order valence-electron chi connectivity index (χ1n) is 9.68. The molecular formula is C22H19Cl2N3O5. The molecule has 1 aromatic heterocycles. The van der Waals surface area contributed by atoms with Crippen molar-refractivity contribution in [1.29, 1.82) is 0 Å². The summed E-state index contributed by atoms with van der Waals surface area (Å²) in [5.74, 6) is 0.934. The number of carbonyl (C=O) groups is 2. The highest BCUT2D eigenvalue weighted by Gasteiger charge is 2.28. The van der Waals surface area contributed by atoms with Crippen molar-refractivity contribution in [3.05, 3.63) is 63.5 Å². The summed E-state index contributed by atoms with van der Waals surface area (Å²) < 4.78 is 16.2. The number of aryl methyl sites for hydroxylation is 2. The fraction of sp³-hybridized carbons (Fsp3) is 0.227. The summed E-state index contributed by atoms with van der Waals surface area (Å²) in [5.41, 5.74) is 2.57. The number of nitrogens with zero attached hydrogens (tertiary/aromatic N) is 2. The quantitative estimate of drug-likeness (QED) is 0.562. The van der Waals surface area contributed by atoms with Gasteiger partial charge in [-0.15, -0.1) is 0 Å². The highest BCUT2D eigenvalue weighted by molar-refractivity contribution is 6.35. The van der Waals surface area contributed by atoms with Crippen LogP contribution in [0, 0.1) is 13.8 Å². The van der Waals surface area contributed by atoms with Crippen LogP contribution in [0.1, 0.15) is 17.0 Å². The number of benzene rings is 2. The van der Waals surface area contributed by atoms with E-state index in [1.807, 2.05) is 6.92 Å². The molecule has 3 aromatic rings. The Labute approximate surface area is 194 Å². The number of ether oxygens (including phenoxy) is 2. The second-order valence-electron chi connectivity index (χ2n) is 7.17. The lowest BCUT2D eigenvalue weighted by Crippen LogP contribution is -2.38. The zero-order valence-electron chi connectivity index (χ0n) is 17.3. The summed E-state index contributed by atoms with van der Waals surface area (Å²) in [6.45, 7) is 3.58. The third-order valence-corrected chi connectivity index (χ3v) is 5.47. The zero-order chi connectivity index (χ0) is 22.8.